The van der Waals surface area contributed by atoms with E-state index in [9.17, 15) is 14.4 Å². The third kappa shape index (κ3) is 7.31. The fourth-order valence-electron chi connectivity index (χ4n) is 3.83. The topological polar surface area (TPSA) is 132 Å². The van der Waals surface area contributed by atoms with E-state index in [0.29, 0.717) is 41.1 Å². The fourth-order valence-corrected chi connectivity index (χ4v) is 4.60. The molecule has 0 saturated heterocycles. The molecule has 1 fully saturated rings. The molecule has 1 heterocycles. The van der Waals surface area contributed by atoms with E-state index in [1.54, 1.807) is 24.3 Å². The summed E-state index contributed by atoms with van der Waals surface area (Å²) in [5.74, 6) is 0.342. The maximum atomic E-state index is 12.7. The molecule has 3 amide bonds. The molecule has 0 unspecified atom stereocenters. The average Bonchev–Trinajstić information content (AvgIpc) is 3.40. The lowest BCUT2D eigenvalue weighted by molar-refractivity contribution is -0.118. The Balaban J connectivity index is 1.62. The Hall–Kier alpha value is -2.88. The second-order valence-corrected chi connectivity index (χ2v) is 9.65. The van der Waals surface area contributed by atoms with Gasteiger partial charge in [0.1, 0.15) is 5.82 Å². The molecule has 4 N–H and O–H groups in total. The average molecular weight is 473 g/mol. The Morgan fingerprint density at radius 3 is 2.61 bits per heavy atom. The number of carbonyl (C=O) groups excluding carboxylic acids is 3. The Bertz CT molecular complexity index is 984. The van der Waals surface area contributed by atoms with Gasteiger partial charge in [-0.05, 0) is 30.9 Å². The van der Waals surface area contributed by atoms with E-state index in [1.165, 1.54) is 11.8 Å². The van der Waals surface area contributed by atoms with Crippen molar-refractivity contribution in [2.45, 2.75) is 70.1 Å². The van der Waals surface area contributed by atoms with Crippen molar-refractivity contribution >= 4 is 35.2 Å². The van der Waals surface area contributed by atoms with Crippen LogP contribution in [-0.2, 0) is 22.6 Å². The summed E-state index contributed by atoms with van der Waals surface area (Å²) in [6.45, 7) is 4.83. The first-order chi connectivity index (χ1) is 15.8. The zero-order chi connectivity index (χ0) is 23.8. The molecular weight excluding hydrogens is 440 g/mol. The molecule has 178 valence electrons. The van der Waals surface area contributed by atoms with Crippen LogP contribution >= 0.6 is 11.8 Å². The van der Waals surface area contributed by atoms with Gasteiger partial charge in [0, 0.05) is 25.4 Å². The largest absolute Gasteiger partial charge is 0.370 e. The van der Waals surface area contributed by atoms with Crippen LogP contribution in [0.4, 0.5) is 5.69 Å². The molecule has 0 radical (unpaired) electrons. The minimum absolute atomic E-state index is 0.116. The number of benzene rings is 1. The maximum absolute atomic E-state index is 12.7. The molecular formula is C23H32N6O3S. The molecule has 1 aromatic carbocycles. The van der Waals surface area contributed by atoms with Gasteiger partial charge in [-0.25, -0.2) is 0 Å². The molecule has 33 heavy (non-hydrogen) atoms. The van der Waals surface area contributed by atoms with Crippen LogP contribution in [0.3, 0.4) is 0 Å². The summed E-state index contributed by atoms with van der Waals surface area (Å²) in [4.78, 5) is 36.5. The summed E-state index contributed by atoms with van der Waals surface area (Å²) >= 11 is 1.27. The van der Waals surface area contributed by atoms with E-state index in [4.69, 9.17) is 5.73 Å². The lowest BCUT2D eigenvalue weighted by Gasteiger charge is -2.15. The van der Waals surface area contributed by atoms with Crippen LogP contribution in [0.5, 0.6) is 0 Å². The molecule has 1 aliphatic rings. The molecule has 9 nitrogen and oxygen atoms in total. The number of nitrogens with one attached hydrogen (secondary N) is 2. The molecule has 1 aromatic heterocycles. The number of para-hydroxylation sites is 1. The molecule has 0 aliphatic heterocycles. The number of rotatable bonds is 11. The third-order valence-corrected chi connectivity index (χ3v) is 6.37. The van der Waals surface area contributed by atoms with Gasteiger partial charge < -0.3 is 20.9 Å². The Labute approximate surface area is 198 Å². The zero-order valence-electron chi connectivity index (χ0n) is 19.2. The highest BCUT2D eigenvalue weighted by Gasteiger charge is 2.21. The first-order valence-corrected chi connectivity index (χ1v) is 12.3. The van der Waals surface area contributed by atoms with Gasteiger partial charge in [0.25, 0.3) is 5.91 Å². The van der Waals surface area contributed by atoms with Gasteiger partial charge in [0.2, 0.25) is 11.8 Å². The van der Waals surface area contributed by atoms with Crippen LogP contribution in [0, 0.1) is 5.92 Å². The Morgan fingerprint density at radius 2 is 1.91 bits per heavy atom. The number of primary amides is 1. The number of aryl methyl sites for hydroxylation is 1. The molecule has 3 rings (SSSR count). The Morgan fingerprint density at radius 1 is 1.18 bits per heavy atom. The smallest absolute Gasteiger partial charge is 0.253 e. The number of nitrogens with zero attached hydrogens (tertiary/aromatic N) is 3. The predicted molar refractivity (Wildman–Crippen MR) is 128 cm³/mol. The van der Waals surface area contributed by atoms with Crippen molar-refractivity contribution in [1.29, 1.82) is 0 Å². The fraction of sp³-hybridized carbons (Fsp3) is 0.522. The number of nitrogens with two attached hydrogens (primary N) is 1. The van der Waals surface area contributed by atoms with E-state index in [2.05, 4.69) is 34.7 Å². The van der Waals surface area contributed by atoms with Gasteiger partial charge in [-0.1, -0.05) is 50.6 Å². The highest BCUT2D eigenvalue weighted by Crippen LogP contribution is 2.22. The van der Waals surface area contributed by atoms with Gasteiger partial charge in [-0.15, -0.1) is 10.2 Å². The number of carbonyl (C=O) groups is 3. The normalized spacial score (nSPS) is 13.9. The second kappa shape index (κ2) is 11.8. The van der Waals surface area contributed by atoms with Crippen LogP contribution in [0.2, 0.25) is 0 Å². The van der Waals surface area contributed by atoms with Crippen molar-refractivity contribution in [2.75, 3.05) is 11.1 Å². The zero-order valence-corrected chi connectivity index (χ0v) is 20.0. The van der Waals surface area contributed by atoms with Gasteiger partial charge in [0.15, 0.2) is 5.16 Å². The quantitative estimate of drug-likeness (QED) is 0.431. The molecule has 0 atom stereocenters. The van der Waals surface area contributed by atoms with E-state index in [0.717, 1.165) is 25.7 Å². The van der Waals surface area contributed by atoms with Crippen LogP contribution in [0.25, 0.3) is 0 Å². The summed E-state index contributed by atoms with van der Waals surface area (Å²) in [5, 5.41) is 14.9. The van der Waals surface area contributed by atoms with Crippen LogP contribution in [0.1, 0.15) is 62.1 Å². The van der Waals surface area contributed by atoms with Gasteiger partial charge in [0.05, 0.1) is 17.0 Å². The highest BCUT2D eigenvalue weighted by molar-refractivity contribution is 7.99. The first kappa shape index (κ1) is 24.8. The SMILES string of the molecule is CC(C)Cn1c(CCC(N)=O)nnc1SCC(=O)Nc1ccccc1C(=O)NC1CCCC1. The molecule has 2 aromatic rings. The van der Waals surface area contributed by atoms with Gasteiger partial charge in [-0.2, -0.15) is 0 Å². The molecule has 1 saturated carbocycles. The Kier molecular flexibility index (Phi) is 8.87. The van der Waals surface area contributed by atoms with Gasteiger partial charge >= 0.3 is 0 Å². The monoisotopic (exact) mass is 472 g/mol. The third-order valence-electron chi connectivity index (χ3n) is 5.40. The van der Waals surface area contributed by atoms with E-state index in [-0.39, 0.29) is 30.0 Å². The summed E-state index contributed by atoms with van der Waals surface area (Å²) in [5.41, 5.74) is 6.21. The molecule has 10 heteroatoms. The maximum Gasteiger partial charge on any atom is 0.253 e. The molecule has 0 spiro atoms. The van der Waals surface area contributed by atoms with Crippen molar-refractivity contribution in [3.63, 3.8) is 0 Å². The van der Waals surface area contributed by atoms with E-state index >= 15 is 0 Å². The highest BCUT2D eigenvalue weighted by atomic mass is 32.2. The van der Waals surface area contributed by atoms with Crippen molar-refractivity contribution in [3.05, 3.63) is 35.7 Å². The number of aromatic nitrogens is 3. The summed E-state index contributed by atoms with van der Waals surface area (Å²) in [6.07, 6.45) is 4.86. The van der Waals surface area contributed by atoms with Gasteiger partial charge in [-0.3, -0.25) is 14.4 Å². The minimum atomic E-state index is -0.390. The van der Waals surface area contributed by atoms with Crippen molar-refractivity contribution in [3.8, 4) is 0 Å². The lowest BCUT2D eigenvalue weighted by Crippen LogP contribution is -2.33. The van der Waals surface area contributed by atoms with Crippen molar-refractivity contribution in [2.24, 2.45) is 11.7 Å². The van der Waals surface area contributed by atoms with Crippen LogP contribution in [-0.4, -0.2) is 44.3 Å². The predicted octanol–water partition coefficient (Wildman–Crippen LogP) is 2.76. The molecule has 1 aliphatic carbocycles. The number of hydrogen-bond donors (Lipinski definition) is 3. The van der Waals surface area contributed by atoms with E-state index < -0.39 is 5.91 Å². The number of anilines is 1. The minimum Gasteiger partial charge on any atom is -0.370 e. The van der Waals surface area contributed by atoms with Crippen LogP contribution in [0.15, 0.2) is 29.4 Å². The van der Waals surface area contributed by atoms with Crippen LogP contribution < -0.4 is 16.4 Å². The summed E-state index contributed by atoms with van der Waals surface area (Å²) in [7, 11) is 0. The second-order valence-electron chi connectivity index (χ2n) is 8.71. The van der Waals surface area contributed by atoms with E-state index in [1.807, 2.05) is 4.57 Å². The number of hydrogen-bond acceptors (Lipinski definition) is 6. The number of thioether (sulfide) groups is 1. The summed E-state index contributed by atoms with van der Waals surface area (Å²) < 4.78 is 1.94. The first-order valence-electron chi connectivity index (χ1n) is 11.4. The molecule has 0 bridgehead atoms. The van der Waals surface area contributed by atoms with Crippen molar-refractivity contribution < 1.29 is 14.4 Å². The standard InChI is InChI=1S/C23H32N6O3S/c1-15(2)13-29-20(12-11-19(24)30)27-28-23(29)33-14-21(31)26-18-10-6-5-9-17(18)22(32)25-16-7-3-4-8-16/h5-6,9-10,15-16H,3-4,7-8,11-14H2,1-2H3,(H2,24,30)(H,25,32)(H,26,31). The lowest BCUT2D eigenvalue weighted by atomic mass is 10.1. The number of amides is 3. The summed E-state index contributed by atoms with van der Waals surface area (Å²) in [6, 6.07) is 7.23. The van der Waals surface area contributed by atoms with Crippen molar-refractivity contribution in [1.82, 2.24) is 20.1 Å².